The summed E-state index contributed by atoms with van der Waals surface area (Å²) in [4.78, 5) is 12.1. The summed E-state index contributed by atoms with van der Waals surface area (Å²) in [7, 11) is 0. The van der Waals surface area contributed by atoms with Gasteiger partial charge in [0.25, 0.3) is 0 Å². The van der Waals surface area contributed by atoms with Gasteiger partial charge in [-0.2, -0.15) is 0 Å². The van der Waals surface area contributed by atoms with E-state index < -0.39 is 0 Å². The first-order valence-corrected chi connectivity index (χ1v) is 8.03. The van der Waals surface area contributed by atoms with Gasteiger partial charge in [0.05, 0.1) is 0 Å². The molecular weight excluding hydrogens is 278 g/mol. The van der Waals surface area contributed by atoms with Gasteiger partial charge in [-0.25, -0.2) is 0 Å². The van der Waals surface area contributed by atoms with E-state index in [4.69, 9.17) is 0 Å². The number of rotatable bonds is 9. The van der Waals surface area contributed by atoms with Crippen LogP contribution in [0.25, 0.3) is 0 Å². The van der Waals surface area contributed by atoms with Crippen molar-refractivity contribution >= 4 is 21.8 Å². The lowest BCUT2D eigenvalue weighted by Crippen LogP contribution is -2.40. The van der Waals surface area contributed by atoms with E-state index in [-0.39, 0.29) is 17.9 Å². The van der Waals surface area contributed by atoms with Gasteiger partial charge in [0.2, 0.25) is 5.91 Å². The van der Waals surface area contributed by atoms with Gasteiger partial charge in [0.15, 0.2) is 0 Å². The van der Waals surface area contributed by atoms with Gasteiger partial charge in [-0.3, -0.25) is 4.79 Å². The normalized spacial score (nSPS) is 14.7. The zero-order chi connectivity index (χ0) is 13.3. The van der Waals surface area contributed by atoms with Gasteiger partial charge in [0.1, 0.15) is 0 Å². The molecule has 0 radical (unpaired) electrons. The average Bonchev–Trinajstić information content (AvgIpc) is 2.28. The summed E-state index contributed by atoms with van der Waals surface area (Å²) < 4.78 is 0. The van der Waals surface area contributed by atoms with Crippen LogP contribution in [-0.2, 0) is 4.79 Å². The van der Waals surface area contributed by atoms with Crippen LogP contribution in [0.5, 0.6) is 0 Å². The largest absolute Gasteiger partial charge is 0.352 e. The number of carbonyl (C=O) groups excluding carboxylic acids is 1. The van der Waals surface area contributed by atoms with E-state index in [1.807, 2.05) is 0 Å². The second kappa shape index (κ2) is 9.93. The minimum absolute atomic E-state index is 0.198. The minimum Gasteiger partial charge on any atom is -0.352 e. The lowest BCUT2D eigenvalue weighted by atomic mass is 9.97. The van der Waals surface area contributed by atoms with Crippen molar-refractivity contribution < 1.29 is 4.79 Å². The molecule has 0 aliphatic rings. The Balaban J connectivity index is 4.16. The monoisotopic (exact) mass is 305 g/mol. The molecule has 2 atom stereocenters. The molecule has 0 aliphatic carbocycles. The summed E-state index contributed by atoms with van der Waals surface area (Å²) >= 11 is 3.48. The van der Waals surface area contributed by atoms with Crippen molar-refractivity contribution in [2.75, 3.05) is 5.33 Å². The number of carbonyl (C=O) groups is 1. The fourth-order valence-corrected chi connectivity index (χ4v) is 2.45. The number of amides is 1. The highest BCUT2D eigenvalue weighted by Crippen LogP contribution is 2.14. The minimum atomic E-state index is 0.198. The molecule has 1 amide bonds. The summed E-state index contributed by atoms with van der Waals surface area (Å²) in [5.74, 6) is 1.06. The molecule has 0 aliphatic heterocycles. The maximum Gasteiger partial charge on any atom is 0.223 e. The van der Waals surface area contributed by atoms with E-state index in [0.29, 0.717) is 5.92 Å². The maximum atomic E-state index is 12.1. The Hall–Kier alpha value is -0.0500. The highest BCUT2D eigenvalue weighted by molar-refractivity contribution is 9.09. The molecule has 0 bridgehead atoms. The van der Waals surface area contributed by atoms with E-state index >= 15 is 0 Å². The van der Waals surface area contributed by atoms with Crippen molar-refractivity contribution in [2.45, 2.75) is 65.8 Å². The standard InChI is InChI=1S/C14H28BrNO/c1-5-7-8-12(6-2)14(17)16-13(10-15)9-11(3)4/h11-13H,5-10H2,1-4H3,(H,16,17). The molecule has 17 heavy (non-hydrogen) atoms. The van der Waals surface area contributed by atoms with Crippen LogP contribution in [0, 0.1) is 11.8 Å². The number of hydrogen-bond donors (Lipinski definition) is 1. The van der Waals surface area contributed by atoms with Crippen molar-refractivity contribution in [3.63, 3.8) is 0 Å². The summed E-state index contributed by atoms with van der Waals surface area (Å²) in [5, 5.41) is 4.02. The Bertz CT molecular complexity index is 206. The Morgan fingerprint density at radius 2 is 1.94 bits per heavy atom. The fraction of sp³-hybridized carbons (Fsp3) is 0.929. The van der Waals surface area contributed by atoms with Gasteiger partial charge in [-0.1, -0.05) is 56.5 Å². The molecule has 0 heterocycles. The lowest BCUT2D eigenvalue weighted by Gasteiger charge is -2.22. The highest BCUT2D eigenvalue weighted by atomic mass is 79.9. The van der Waals surface area contributed by atoms with Crippen LogP contribution >= 0.6 is 15.9 Å². The predicted octanol–water partition coefficient (Wildman–Crippen LogP) is 4.13. The average molecular weight is 306 g/mol. The third-order valence-corrected chi connectivity index (χ3v) is 3.84. The third kappa shape index (κ3) is 7.80. The first-order valence-electron chi connectivity index (χ1n) is 6.91. The molecule has 0 saturated heterocycles. The predicted molar refractivity (Wildman–Crippen MR) is 78.5 cm³/mol. The Morgan fingerprint density at radius 1 is 1.29 bits per heavy atom. The summed E-state index contributed by atoms with van der Waals surface area (Å²) in [5.41, 5.74) is 0. The molecule has 0 aromatic carbocycles. The Labute approximate surface area is 115 Å². The van der Waals surface area contributed by atoms with Crippen LogP contribution < -0.4 is 5.32 Å². The van der Waals surface area contributed by atoms with Crippen molar-refractivity contribution in [1.82, 2.24) is 5.32 Å². The molecule has 0 saturated carbocycles. The SMILES string of the molecule is CCCCC(CC)C(=O)NC(CBr)CC(C)C. The zero-order valence-corrected chi connectivity index (χ0v) is 13.3. The van der Waals surface area contributed by atoms with Crippen molar-refractivity contribution in [3.05, 3.63) is 0 Å². The quantitative estimate of drug-likeness (QED) is 0.638. The number of hydrogen-bond acceptors (Lipinski definition) is 1. The Morgan fingerprint density at radius 3 is 2.35 bits per heavy atom. The molecule has 0 rings (SSSR count). The number of nitrogens with one attached hydrogen (secondary N) is 1. The molecule has 2 unspecified atom stereocenters. The molecule has 102 valence electrons. The van der Waals surface area contributed by atoms with Crippen molar-refractivity contribution in [2.24, 2.45) is 11.8 Å². The van der Waals surface area contributed by atoms with Crippen LogP contribution in [-0.4, -0.2) is 17.3 Å². The Kier molecular flexibility index (Phi) is 9.90. The van der Waals surface area contributed by atoms with Crippen LogP contribution in [0.15, 0.2) is 0 Å². The van der Waals surface area contributed by atoms with Crippen LogP contribution in [0.1, 0.15) is 59.8 Å². The first-order chi connectivity index (χ1) is 8.04. The van der Waals surface area contributed by atoms with E-state index in [9.17, 15) is 4.79 Å². The van der Waals surface area contributed by atoms with E-state index in [1.54, 1.807) is 0 Å². The van der Waals surface area contributed by atoms with Crippen LogP contribution in [0.3, 0.4) is 0 Å². The van der Waals surface area contributed by atoms with Gasteiger partial charge in [0, 0.05) is 17.3 Å². The molecule has 0 aromatic heterocycles. The lowest BCUT2D eigenvalue weighted by molar-refractivity contribution is -0.126. The van der Waals surface area contributed by atoms with E-state index in [0.717, 1.165) is 37.4 Å². The number of unbranched alkanes of at least 4 members (excludes halogenated alkanes) is 1. The van der Waals surface area contributed by atoms with Gasteiger partial charge < -0.3 is 5.32 Å². The molecule has 2 nitrogen and oxygen atoms in total. The van der Waals surface area contributed by atoms with Crippen LogP contribution in [0.4, 0.5) is 0 Å². The van der Waals surface area contributed by atoms with Crippen molar-refractivity contribution in [3.8, 4) is 0 Å². The second-order valence-corrected chi connectivity index (χ2v) is 5.88. The summed E-state index contributed by atoms with van der Waals surface area (Å²) in [6.45, 7) is 8.66. The maximum absolute atomic E-state index is 12.1. The molecule has 3 heteroatoms. The summed E-state index contributed by atoms with van der Waals surface area (Å²) in [6.07, 6.45) is 5.33. The molecule has 0 spiro atoms. The second-order valence-electron chi connectivity index (χ2n) is 5.24. The number of alkyl halides is 1. The third-order valence-electron chi connectivity index (χ3n) is 3.06. The highest BCUT2D eigenvalue weighted by Gasteiger charge is 2.19. The smallest absolute Gasteiger partial charge is 0.223 e. The zero-order valence-electron chi connectivity index (χ0n) is 11.8. The summed E-state index contributed by atoms with van der Waals surface area (Å²) in [6, 6.07) is 0.276. The molecular formula is C14H28BrNO. The molecule has 0 fully saturated rings. The molecule has 0 aromatic rings. The van der Waals surface area contributed by atoms with E-state index in [1.165, 1.54) is 0 Å². The van der Waals surface area contributed by atoms with Gasteiger partial charge in [-0.05, 0) is 25.2 Å². The fourth-order valence-electron chi connectivity index (χ4n) is 2.02. The molecule has 1 N–H and O–H groups in total. The first kappa shape index (κ1) is 16.9. The number of halogens is 1. The van der Waals surface area contributed by atoms with Crippen LogP contribution in [0.2, 0.25) is 0 Å². The van der Waals surface area contributed by atoms with Crippen molar-refractivity contribution in [1.29, 1.82) is 0 Å². The topological polar surface area (TPSA) is 29.1 Å². The van der Waals surface area contributed by atoms with Gasteiger partial charge >= 0.3 is 0 Å². The van der Waals surface area contributed by atoms with Gasteiger partial charge in [-0.15, -0.1) is 0 Å². The van der Waals surface area contributed by atoms with E-state index in [2.05, 4.69) is 48.9 Å².